The van der Waals surface area contributed by atoms with Crippen LogP contribution in [0.3, 0.4) is 0 Å². The molecule has 23 heavy (non-hydrogen) atoms. The van der Waals surface area contributed by atoms with Gasteiger partial charge in [-0.2, -0.15) is 0 Å². The summed E-state index contributed by atoms with van der Waals surface area (Å²) in [6, 6.07) is 6.57. The van der Waals surface area contributed by atoms with E-state index < -0.39 is 35.8 Å². The fraction of sp³-hybridized carbons (Fsp3) is 0.400. The average molecular weight is 317 g/mol. The minimum atomic E-state index is -0.691. The molecule has 4 atom stereocenters. The number of fused-ring (bicyclic) bond motifs is 2. The number of carbonyl (C=O) groups excluding carboxylic acids is 1. The zero-order valence-corrected chi connectivity index (χ0v) is 12.1. The lowest BCUT2D eigenvalue weighted by Gasteiger charge is -2.16. The first kappa shape index (κ1) is 14.3. The fourth-order valence-electron chi connectivity index (χ4n) is 3.02. The van der Waals surface area contributed by atoms with Crippen LogP contribution >= 0.6 is 0 Å². The van der Waals surface area contributed by atoms with Gasteiger partial charge >= 0.3 is 0 Å². The number of aromatic nitrogens is 2. The minimum Gasteiger partial charge on any atom is -0.388 e. The second-order valence-electron chi connectivity index (χ2n) is 5.67. The third kappa shape index (κ3) is 2.40. The van der Waals surface area contributed by atoms with Crippen LogP contribution in [-0.2, 0) is 9.47 Å². The van der Waals surface area contributed by atoms with E-state index in [2.05, 4.69) is 15.3 Å². The van der Waals surface area contributed by atoms with E-state index in [1.165, 1.54) is 0 Å². The molecule has 3 N–H and O–H groups in total. The Bertz CT molecular complexity index is 820. The maximum atomic E-state index is 12.4. The van der Waals surface area contributed by atoms with Crippen molar-refractivity contribution in [1.29, 1.82) is 0 Å². The third-order valence-electron chi connectivity index (χ3n) is 4.16. The van der Waals surface area contributed by atoms with Crippen LogP contribution in [0.15, 0.2) is 29.1 Å². The number of aliphatic hydroxyl groups is 1. The van der Waals surface area contributed by atoms with Crippen LogP contribution in [0.5, 0.6) is 0 Å². The smallest absolute Gasteiger partial charge is 0.280 e. The van der Waals surface area contributed by atoms with Crippen LogP contribution in [0.1, 0.15) is 10.5 Å². The lowest BCUT2D eigenvalue weighted by molar-refractivity contribution is 0.0178. The Labute approximate surface area is 130 Å². The van der Waals surface area contributed by atoms with Gasteiger partial charge in [-0.3, -0.25) is 9.59 Å². The van der Waals surface area contributed by atoms with Gasteiger partial charge in [0.2, 0.25) is 0 Å². The van der Waals surface area contributed by atoms with Gasteiger partial charge < -0.3 is 24.9 Å². The van der Waals surface area contributed by atoms with Crippen molar-refractivity contribution in [2.24, 2.45) is 0 Å². The topological polar surface area (TPSA) is 114 Å². The Morgan fingerprint density at radius 3 is 2.91 bits per heavy atom. The minimum absolute atomic E-state index is 0.177. The van der Waals surface area contributed by atoms with Crippen LogP contribution in [0, 0.1) is 0 Å². The van der Waals surface area contributed by atoms with E-state index in [0.717, 1.165) is 0 Å². The van der Waals surface area contributed by atoms with Crippen LogP contribution in [0.25, 0.3) is 11.0 Å². The molecular weight excluding hydrogens is 302 g/mol. The first-order chi connectivity index (χ1) is 11.1. The number of hydrogen-bond donors (Lipinski definition) is 3. The van der Waals surface area contributed by atoms with Crippen molar-refractivity contribution in [2.45, 2.75) is 24.4 Å². The number of carbonyl (C=O) groups is 1. The number of benzene rings is 1. The highest BCUT2D eigenvalue weighted by Gasteiger charge is 2.47. The standard InChI is InChI=1S/C15H15N3O5/c19-10-6-23-12-9(5-22-13(10)12)18-15(21)11-14(20)17-8-4-2-1-3-7(8)16-11/h1-4,9-10,12-13,19H,5-6H2,(H,17,20)(H,18,21)/t9-,10-,12-,13-/m1/s1. The van der Waals surface area contributed by atoms with E-state index in [1.54, 1.807) is 24.3 Å². The van der Waals surface area contributed by atoms with Gasteiger partial charge in [0.1, 0.15) is 18.3 Å². The summed E-state index contributed by atoms with van der Waals surface area (Å²) in [5.74, 6) is -0.587. The molecule has 0 spiro atoms. The van der Waals surface area contributed by atoms with Crippen molar-refractivity contribution in [1.82, 2.24) is 15.3 Å². The number of aromatic amines is 1. The molecule has 0 bridgehead atoms. The van der Waals surface area contributed by atoms with Crippen LogP contribution < -0.4 is 10.9 Å². The number of para-hydroxylation sites is 2. The molecule has 1 aromatic carbocycles. The molecule has 0 radical (unpaired) electrons. The number of hydrogen-bond acceptors (Lipinski definition) is 6. The van der Waals surface area contributed by atoms with Crippen LogP contribution in [-0.4, -0.2) is 58.5 Å². The number of aliphatic hydroxyl groups excluding tert-OH is 1. The largest absolute Gasteiger partial charge is 0.388 e. The molecule has 2 fully saturated rings. The van der Waals surface area contributed by atoms with E-state index in [0.29, 0.717) is 11.0 Å². The predicted molar refractivity (Wildman–Crippen MR) is 79.1 cm³/mol. The van der Waals surface area contributed by atoms with E-state index in [4.69, 9.17) is 9.47 Å². The molecule has 1 amide bonds. The number of H-pyrrole nitrogens is 1. The van der Waals surface area contributed by atoms with Crippen molar-refractivity contribution < 1.29 is 19.4 Å². The number of nitrogens with one attached hydrogen (secondary N) is 2. The van der Waals surface area contributed by atoms with E-state index in [9.17, 15) is 14.7 Å². The van der Waals surface area contributed by atoms with Gasteiger partial charge in [0.05, 0.1) is 30.3 Å². The van der Waals surface area contributed by atoms with Crippen molar-refractivity contribution in [3.8, 4) is 0 Å². The highest BCUT2D eigenvalue weighted by atomic mass is 16.6. The van der Waals surface area contributed by atoms with Crippen molar-refractivity contribution in [2.75, 3.05) is 13.2 Å². The lowest BCUT2D eigenvalue weighted by Crippen LogP contribution is -2.45. The number of ether oxygens (including phenoxy) is 2. The van der Waals surface area contributed by atoms with Gasteiger partial charge in [-0.1, -0.05) is 12.1 Å². The van der Waals surface area contributed by atoms with E-state index in [1.807, 2.05) is 0 Å². The molecule has 2 aromatic rings. The maximum Gasteiger partial charge on any atom is 0.280 e. The Kier molecular flexibility index (Phi) is 3.37. The SMILES string of the molecule is O=C(N[C@@H]1CO[C@H]2[C@@H]1OC[C@H]2O)c1nc2ccccc2[nH]c1=O. The second kappa shape index (κ2) is 5.41. The molecule has 8 nitrogen and oxygen atoms in total. The zero-order valence-electron chi connectivity index (χ0n) is 12.1. The molecule has 0 aliphatic carbocycles. The third-order valence-corrected chi connectivity index (χ3v) is 4.16. The second-order valence-corrected chi connectivity index (χ2v) is 5.67. The summed E-state index contributed by atoms with van der Waals surface area (Å²) in [6.45, 7) is 0.403. The normalized spacial score (nSPS) is 29.6. The molecule has 2 saturated heterocycles. The number of nitrogens with zero attached hydrogens (tertiary/aromatic N) is 1. The molecule has 2 aliphatic heterocycles. The summed E-state index contributed by atoms with van der Waals surface area (Å²) in [5, 5.41) is 12.4. The van der Waals surface area contributed by atoms with Crippen molar-refractivity contribution in [3.05, 3.63) is 40.3 Å². The molecule has 3 heterocycles. The summed E-state index contributed by atoms with van der Waals surface area (Å²) in [4.78, 5) is 31.2. The molecule has 8 heteroatoms. The van der Waals surface area contributed by atoms with Gasteiger partial charge in [-0.25, -0.2) is 4.98 Å². The average Bonchev–Trinajstić information content (AvgIpc) is 3.10. The first-order valence-corrected chi connectivity index (χ1v) is 7.34. The number of amides is 1. The van der Waals surface area contributed by atoms with Gasteiger partial charge in [0.25, 0.3) is 11.5 Å². The molecular formula is C15H15N3O5. The molecule has 4 rings (SSSR count). The highest BCUT2D eigenvalue weighted by Crippen LogP contribution is 2.27. The van der Waals surface area contributed by atoms with Gasteiger partial charge in [-0.05, 0) is 12.1 Å². The summed E-state index contributed by atoms with van der Waals surface area (Å²) in [5.41, 5.74) is 0.348. The van der Waals surface area contributed by atoms with Gasteiger partial charge in [-0.15, -0.1) is 0 Å². The Morgan fingerprint density at radius 1 is 1.26 bits per heavy atom. The van der Waals surface area contributed by atoms with Gasteiger partial charge in [0.15, 0.2) is 5.69 Å². The van der Waals surface area contributed by atoms with E-state index >= 15 is 0 Å². The molecule has 1 aromatic heterocycles. The molecule has 2 aliphatic rings. The van der Waals surface area contributed by atoms with Crippen molar-refractivity contribution >= 4 is 16.9 Å². The predicted octanol–water partition coefficient (Wildman–Crippen LogP) is -0.820. The number of rotatable bonds is 2. The molecule has 120 valence electrons. The summed E-state index contributed by atoms with van der Waals surface area (Å²) >= 11 is 0. The summed E-state index contributed by atoms with van der Waals surface area (Å²) in [6.07, 6.45) is -1.54. The zero-order chi connectivity index (χ0) is 16.0. The Hall–Kier alpha value is -2.29. The monoisotopic (exact) mass is 317 g/mol. The Balaban J connectivity index is 1.58. The van der Waals surface area contributed by atoms with Gasteiger partial charge in [0, 0.05) is 0 Å². The van der Waals surface area contributed by atoms with E-state index in [-0.39, 0.29) is 18.9 Å². The molecule has 0 saturated carbocycles. The van der Waals surface area contributed by atoms with Crippen LogP contribution in [0.2, 0.25) is 0 Å². The summed E-state index contributed by atoms with van der Waals surface area (Å²) in [7, 11) is 0. The molecule has 0 unspecified atom stereocenters. The lowest BCUT2D eigenvalue weighted by atomic mass is 10.1. The summed E-state index contributed by atoms with van der Waals surface area (Å²) < 4.78 is 10.9. The van der Waals surface area contributed by atoms with Crippen LogP contribution in [0.4, 0.5) is 0 Å². The Morgan fingerprint density at radius 2 is 2.04 bits per heavy atom. The first-order valence-electron chi connectivity index (χ1n) is 7.34. The quantitative estimate of drug-likeness (QED) is 0.667. The fourth-order valence-corrected chi connectivity index (χ4v) is 3.02. The maximum absolute atomic E-state index is 12.4. The highest BCUT2D eigenvalue weighted by molar-refractivity contribution is 5.93. The van der Waals surface area contributed by atoms with Crippen molar-refractivity contribution in [3.63, 3.8) is 0 Å².